The van der Waals surface area contributed by atoms with Crippen LogP contribution in [0.15, 0.2) is 11.8 Å². The molecule has 1 saturated heterocycles. The molecular formula is C11H20N2O2. The minimum absolute atomic E-state index is 0.0862. The summed E-state index contributed by atoms with van der Waals surface area (Å²) in [6, 6.07) is -0.0955. The molecule has 2 aliphatic heterocycles. The third-order valence-electron chi connectivity index (χ3n) is 3.09. The van der Waals surface area contributed by atoms with Gasteiger partial charge in [-0.1, -0.05) is 6.92 Å². The Labute approximate surface area is 91.0 Å². The predicted octanol–water partition coefficient (Wildman–Crippen LogP) is 0.339. The summed E-state index contributed by atoms with van der Waals surface area (Å²) in [6.07, 6.45) is 3.15. The van der Waals surface area contributed by atoms with Gasteiger partial charge in [0.2, 0.25) is 0 Å². The summed E-state index contributed by atoms with van der Waals surface area (Å²) in [6.45, 7) is 6.70. The van der Waals surface area contributed by atoms with Crippen molar-refractivity contribution in [3.8, 4) is 0 Å². The van der Waals surface area contributed by atoms with E-state index in [4.69, 9.17) is 15.2 Å². The summed E-state index contributed by atoms with van der Waals surface area (Å²) in [7, 11) is 0. The zero-order valence-electron chi connectivity index (χ0n) is 9.32. The molecule has 4 nitrogen and oxygen atoms in total. The monoisotopic (exact) mass is 212 g/mol. The van der Waals surface area contributed by atoms with E-state index in [1.807, 2.05) is 0 Å². The van der Waals surface area contributed by atoms with Gasteiger partial charge in [0.15, 0.2) is 0 Å². The van der Waals surface area contributed by atoms with Crippen LogP contribution >= 0.6 is 0 Å². The van der Waals surface area contributed by atoms with Gasteiger partial charge in [-0.15, -0.1) is 0 Å². The van der Waals surface area contributed by atoms with E-state index in [9.17, 15) is 0 Å². The number of morpholine rings is 1. The van der Waals surface area contributed by atoms with E-state index in [0.29, 0.717) is 0 Å². The molecule has 0 radical (unpaired) electrons. The Hall–Kier alpha value is -0.580. The number of nitrogens with two attached hydrogens (primary N) is 1. The molecule has 0 aromatic carbocycles. The van der Waals surface area contributed by atoms with Crippen molar-refractivity contribution in [3.63, 3.8) is 0 Å². The van der Waals surface area contributed by atoms with Gasteiger partial charge in [-0.05, 0) is 12.6 Å². The van der Waals surface area contributed by atoms with E-state index < -0.39 is 0 Å². The predicted molar refractivity (Wildman–Crippen MR) is 58.5 cm³/mol. The molecule has 4 heteroatoms. The lowest BCUT2D eigenvalue weighted by atomic mass is 10.1. The highest BCUT2D eigenvalue weighted by atomic mass is 16.5. The smallest absolute Gasteiger partial charge is 0.112 e. The molecule has 1 fully saturated rings. The summed E-state index contributed by atoms with van der Waals surface area (Å²) >= 11 is 0. The number of hydrogen-bond donors (Lipinski definition) is 1. The Kier molecular flexibility index (Phi) is 3.61. The minimum Gasteiger partial charge on any atom is -0.496 e. The van der Waals surface area contributed by atoms with E-state index in [0.717, 1.165) is 45.0 Å². The highest BCUT2D eigenvalue weighted by Gasteiger charge is 2.29. The molecule has 0 saturated carbocycles. The van der Waals surface area contributed by atoms with Crippen LogP contribution in [-0.4, -0.2) is 49.9 Å². The number of likely N-dealkylation sites (N-methyl/N-ethyl adjacent to an activating group) is 1. The van der Waals surface area contributed by atoms with Crippen molar-refractivity contribution in [1.82, 2.24) is 4.90 Å². The maximum Gasteiger partial charge on any atom is 0.112 e. The van der Waals surface area contributed by atoms with E-state index >= 15 is 0 Å². The summed E-state index contributed by atoms with van der Waals surface area (Å²) in [5.41, 5.74) is 6.13. The summed E-state index contributed by atoms with van der Waals surface area (Å²) < 4.78 is 11.2. The van der Waals surface area contributed by atoms with Crippen molar-refractivity contribution in [3.05, 3.63) is 11.8 Å². The van der Waals surface area contributed by atoms with Gasteiger partial charge in [-0.3, -0.25) is 4.90 Å². The number of hydrogen-bond acceptors (Lipinski definition) is 4. The molecule has 86 valence electrons. The quantitative estimate of drug-likeness (QED) is 0.733. The Morgan fingerprint density at radius 2 is 2.47 bits per heavy atom. The highest BCUT2D eigenvalue weighted by Crippen LogP contribution is 2.18. The second kappa shape index (κ2) is 4.96. The largest absolute Gasteiger partial charge is 0.496 e. The van der Waals surface area contributed by atoms with Crippen LogP contribution in [0.3, 0.4) is 0 Å². The standard InChI is InChI=1S/C11H20N2O2/c1-2-13-5-7-15-10(8-13)11(12)9-4-3-6-14-9/h4,10-11H,2-3,5-8,12H2,1H3. The van der Waals surface area contributed by atoms with Gasteiger partial charge in [-0.2, -0.15) is 0 Å². The molecular weight excluding hydrogens is 192 g/mol. The van der Waals surface area contributed by atoms with E-state index in [2.05, 4.69) is 17.9 Å². The van der Waals surface area contributed by atoms with Gasteiger partial charge < -0.3 is 15.2 Å². The maximum atomic E-state index is 6.13. The lowest BCUT2D eigenvalue weighted by Crippen LogP contribution is -2.51. The van der Waals surface area contributed by atoms with Crippen LogP contribution in [0.25, 0.3) is 0 Å². The molecule has 2 aliphatic rings. The van der Waals surface area contributed by atoms with Crippen LogP contribution in [0.2, 0.25) is 0 Å². The number of rotatable bonds is 3. The van der Waals surface area contributed by atoms with Crippen LogP contribution in [-0.2, 0) is 9.47 Å². The van der Waals surface area contributed by atoms with Gasteiger partial charge in [0.05, 0.1) is 25.4 Å². The summed E-state index contributed by atoms with van der Waals surface area (Å²) in [4.78, 5) is 2.36. The van der Waals surface area contributed by atoms with Crippen LogP contribution in [0, 0.1) is 0 Å². The first-order valence-corrected chi connectivity index (χ1v) is 5.73. The summed E-state index contributed by atoms with van der Waals surface area (Å²) in [5.74, 6) is 0.915. The summed E-state index contributed by atoms with van der Waals surface area (Å²) in [5, 5.41) is 0. The molecule has 15 heavy (non-hydrogen) atoms. The average Bonchev–Trinajstić information content (AvgIpc) is 2.81. The molecule has 2 atom stereocenters. The zero-order chi connectivity index (χ0) is 10.7. The lowest BCUT2D eigenvalue weighted by molar-refractivity contribution is -0.0399. The lowest BCUT2D eigenvalue weighted by Gasteiger charge is -2.35. The van der Waals surface area contributed by atoms with Crippen molar-refractivity contribution >= 4 is 0 Å². The fraction of sp³-hybridized carbons (Fsp3) is 0.818. The number of ether oxygens (including phenoxy) is 2. The molecule has 0 aliphatic carbocycles. The Bertz CT molecular complexity index is 243. The van der Waals surface area contributed by atoms with Crippen molar-refractivity contribution < 1.29 is 9.47 Å². The van der Waals surface area contributed by atoms with Crippen LogP contribution in [0.4, 0.5) is 0 Å². The van der Waals surface area contributed by atoms with Gasteiger partial charge in [0.1, 0.15) is 5.76 Å². The SMILES string of the molecule is CCN1CCOC(C(N)C2=CCCO2)C1. The van der Waals surface area contributed by atoms with Crippen LogP contribution in [0.1, 0.15) is 13.3 Å². The van der Waals surface area contributed by atoms with Crippen LogP contribution in [0.5, 0.6) is 0 Å². The normalized spacial score (nSPS) is 29.7. The molecule has 2 unspecified atom stereocenters. The maximum absolute atomic E-state index is 6.13. The minimum atomic E-state index is -0.0955. The third-order valence-corrected chi connectivity index (χ3v) is 3.09. The van der Waals surface area contributed by atoms with Crippen molar-refractivity contribution in [2.45, 2.75) is 25.5 Å². The molecule has 2 heterocycles. The molecule has 2 N–H and O–H groups in total. The average molecular weight is 212 g/mol. The molecule has 0 aromatic heterocycles. The topological polar surface area (TPSA) is 47.7 Å². The van der Waals surface area contributed by atoms with Gasteiger partial charge in [0.25, 0.3) is 0 Å². The molecule has 0 spiro atoms. The molecule has 0 aromatic rings. The second-order valence-electron chi connectivity index (χ2n) is 4.07. The second-order valence-corrected chi connectivity index (χ2v) is 4.07. The Morgan fingerprint density at radius 1 is 1.60 bits per heavy atom. The van der Waals surface area contributed by atoms with Crippen molar-refractivity contribution in [2.75, 3.05) is 32.8 Å². The van der Waals surface area contributed by atoms with Gasteiger partial charge in [-0.25, -0.2) is 0 Å². The first kappa shape index (κ1) is 10.9. The molecule has 0 amide bonds. The Balaban J connectivity index is 1.91. The molecule has 0 bridgehead atoms. The Morgan fingerprint density at radius 3 is 3.13 bits per heavy atom. The van der Waals surface area contributed by atoms with E-state index in [1.54, 1.807) is 0 Å². The number of nitrogens with zero attached hydrogens (tertiary/aromatic N) is 1. The first-order valence-electron chi connectivity index (χ1n) is 5.73. The third kappa shape index (κ3) is 2.51. The molecule has 2 rings (SSSR count). The van der Waals surface area contributed by atoms with Crippen LogP contribution < -0.4 is 5.73 Å². The fourth-order valence-electron chi connectivity index (χ4n) is 2.09. The fourth-order valence-corrected chi connectivity index (χ4v) is 2.09. The van der Waals surface area contributed by atoms with Gasteiger partial charge in [0, 0.05) is 19.5 Å². The van der Waals surface area contributed by atoms with Crippen molar-refractivity contribution in [1.29, 1.82) is 0 Å². The van der Waals surface area contributed by atoms with E-state index in [1.165, 1.54) is 0 Å². The van der Waals surface area contributed by atoms with Crippen molar-refractivity contribution in [2.24, 2.45) is 5.73 Å². The highest BCUT2D eigenvalue weighted by molar-refractivity contribution is 5.09. The first-order chi connectivity index (χ1) is 7.31. The van der Waals surface area contributed by atoms with Gasteiger partial charge >= 0.3 is 0 Å². The van der Waals surface area contributed by atoms with E-state index in [-0.39, 0.29) is 12.1 Å². The zero-order valence-corrected chi connectivity index (χ0v) is 9.32.